The molecule has 2 aromatic carbocycles. The van der Waals surface area contributed by atoms with Crippen LogP contribution in [0.15, 0.2) is 45.3 Å². The number of halogens is 3. The molecule has 21 heavy (non-hydrogen) atoms. The summed E-state index contributed by atoms with van der Waals surface area (Å²) >= 11 is 6.53. The minimum absolute atomic E-state index is 0.00267. The Kier molecular flexibility index (Phi) is 5.00. The number of nitrogens with zero attached hydrogens (tertiary/aromatic N) is 1. The summed E-state index contributed by atoms with van der Waals surface area (Å²) < 4.78 is 15.3. The summed E-state index contributed by atoms with van der Waals surface area (Å²) in [7, 11) is 3.75. The van der Waals surface area contributed by atoms with Crippen molar-refractivity contribution in [2.75, 3.05) is 24.3 Å². The first kappa shape index (κ1) is 16.0. The van der Waals surface area contributed by atoms with Crippen LogP contribution in [-0.4, -0.2) is 20.0 Å². The Bertz CT molecular complexity index is 689. The molecule has 0 aromatic heterocycles. The van der Waals surface area contributed by atoms with Gasteiger partial charge in [-0.25, -0.2) is 4.39 Å². The number of carbonyl (C=O) groups is 1. The summed E-state index contributed by atoms with van der Waals surface area (Å²) in [6.45, 7) is 0. The van der Waals surface area contributed by atoms with Gasteiger partial charge >= 0.3 is 0 Å². The van der Waals surface area contributed by atoms with E-state index in [2.05, 4.69) is 37.2 Å². The third kappa shape index (κ3) is 3.83. The van der Waals surface area contributed by atoms with Crippen LogP contribution >= 0.6 is 31.9 Å². The fourth-order valence-electron chi connectivity index (χ4n) is 1.86. The summed E-state index contributed by atoms with van der Waals surface area (Å²) in [4.78, 5) is 14.1. The van der Waals surface area contributed by atoms with Crippen LogP contribution in [0.4, 0.5) is 15.8 Å². The molecule has 0 saturated heterocycles. The summed E-state index contributed by atoms with van der Waals surface area (Å²) in [6, 6.07) is 9.88. The van der Waals surface area contributed by atoms with Gasteiger partial charge in [-0.2, -0.15) is 0 Å². The van der Waals surface area contributed by atoms with Crippen LogP contribution in [0.25, 0.3) is 0 Å². The molecule has 1 N–H and O–H groups in total. The van der Waals surface area contributed by atoms with Crippen LogP contribution in [0.3, 0.4) is 0 Å². The van der Waals surface area contributed by atoms with Crippen molar-refractivity contribution in [1.82, 2.24) is 0 Å². The van der Waals surface area contributed by atoms with Crippen molar-refractivity contribution < 1.29 is 9.18 Å². The lowest BCUT2D eigenvalue weighted by Gasteiger charge is -2.18. The molecular weight excluding hydrogens is 403 g/mol. The van der Waals surface area contributed by atoms with Gasteiger partial charge in [0.2, 0.25) is 0 Å². The third-order valence-corrected chi connectivity index (χ3v) is 3.85. The largest absolute Gasteiger partial charge is 0.376 e. The molecule has 0 spiro atoms. The monoisotopic (exact) mass is 414 g/mol. The predicted octanol–water partition coefficient (Wildman–Crippen LogP) is 4.67. The number of rotatable bonds is 3. The number of carbonyl (C=O) groups excluding carboxylic acids is 1. The molecule has 0 aliphatic heterocycles. The van der Waals surface area contributed by atoms with Gasteiger partial charge in [-0.15, -0.1) is 0 Å². The minimum Gasteiger partial charge on any atom is -0.376 e. The highest BCUT2D eigenvalue weighted by Gasteiger charge is 2.14. The van der Waals surface area contributed by atoms with E-state index in [1.165, 1.54) is 12.1 Å². The van der Waals surface area contributed by atoms with E-state index in [9.17, 15) is 9.18 Å². The molecule has 2 rings (SSSR count). The van der Waals surface area contributed by atoms with E-state index in [0.717, 1.165) is 10.2 Å². The molecule has 0 bridgehead atoms. The van der Waals surface area contributed by atoms with Crippen LogP contribution in [0, 0.1) is 5.82 Å². The van der Waals surface area contributed by atoms with Gasteiger partial charge in [-0.1, -0.05) is 31.9 Å². The van der Waals surface area contributed by atoms with E-state index >= 15 is 0 Å². The number of nitrogens with one attached hydrogen (secondary N) is 1. The molecule has 1 amide bonds. The lowest BCUT2D eigenvalue weighted by molar-refractivity contribution is 0.102. The Morgan fingerprint density at radius 1 is 1.10 bits per heavy atom. The second-order valence-electron chi connectivity index (χ2n) is 4.63. The standard InChI is InChI=1S/C15H13Br2FN2O/c1-20(2)14-6-4-10(17)8-13(14)19-15(21)11-5-3-9(16)7-12(11)18/h3-8H,1-2H3,(H,19,21). The highest BCUT2D eigenvalue weighted by molar-refractivity contribution is 9.10. The maximum absolute atomic E-state index is 13.8. The first-order valence-corrected chi connectivity index (χ1v) is 7.70. The zero-order valence-corrected chi connectivity index (χ0v) is 14.6. The third-order valence-electron chi connectivity index (χ3n) is 2.86. The van der Waals surface area contributed by atoms with Crippen LogP contribution < -0.4 is 10.2 Å². The van der Waals surface area contributed by atoms with Gasteiger partial charge in [-0.3, -0.25) is 4.79 Å². The lowest BCUT2D eigenvalue weighted by atomic mass is 10.2. The topological polar surface area (TPSA) is 32.3 Å². The number of amides is 1. The van der Waals surface area contributed by atoms with Gasteiger partial charge in [0.25, 0.3) is 5.91 Å². The number of hydrogen-bond donors (Lipinski definition) is 1. The smallest absolute Gasteiger partial charge is 0.258 e. The fraction of sp³-hybridized carbons (Fsp3) is 0.133. The van der Waals surface area contributed by atoms with E-state index in [1.54, 1.807) is 12.1 Å². The molecule has 0 unspecified atom stereocenters. The summed E-state index contributed by atoms with van der Waals surface area (Å²) in [5.74, 6) is -1.05. The highest BCUT2D eigenvalue weighted by Crippen LogP contribution is 2.28. The van der Waals surface area contributed by atoms with Crippen molar-refractivity contribution in [2.24, 2.45) is 0 Å². The van der Waals surface area contributed by atoms with Crippen LogP contribution in [-0.2, 0) is 0 Å². The Morgan fingerprint density at radius 3 is 2.33 bits per heavy atom. The first-order chi connectivity index (χ1) is 9.88. The molecule has 0 fully saturated rings. The van der Waals surface area contributed by atoms with E-state index in [-0.39, 0.29) is 5.56 Å². The lowest BCUT2D eigenvalue weighted by Crippen LogP contribution is -2.17. The van der Waals surface area contributed by atoms with Gasteiger partial charge in [0, 0.05) is 23.0 Å². The predicted molar refractivity (Wildman–Crippen MR) is 90.5 cm³/mol. The number of anilines is 2. The van der Waals surface area contributed by atoms with Crippen molar-refractivity contribution in [1.29, 1.82) is 0 Å². The Morgan fingerprint density at radius 2 is 1.71 bits per heavy atom. The number of hydrogen-bond acceptors (Lipinski definition) is 2. The molecule has 6 heteroatoms. The number of benzene rings is 2. The van der Waals surface area contributed by atoms with Crippen LogP contribution in [0.1, 0.15) is 10.4 Å². The molecular formula is C15H13Br2FN2O. The normalized spacial score (nSPS) is 10.3. The average molecular weight is 416 g/mol. The Balaban J connectivity index is 2.33. The molecule has 0 atom stereocenters. The second-order valence-corrected chi connectivity index (χ2v) is 6.47. The van der Waals surface area contributed by atoms with Gasteiger partial charge in [0.15, 0.2) is 0 Å². The van der Waals surface area contributed by atoms with Crippen molar-refractivity contribution in [3.63, 3.8) is 0 Å². The van der Waals surface area contributed by atoms with Crippen molar-refractivity contribution in [3.8, 4) is 0 Å². The molecule has 0 aliphatic rings. The SMILES string of the molecule is CN(C)c1ccc(Br)cc1NC(=O)c1ccc(Br)cc1F. The van der Waals surface area contributed by atoms with Gasteiger partial charge in [-0.05, 0) is 36.4 Å². The molecule has 0 radical (unpaired) electrons. The van der Waals surface area contributed by atoms with Crippen molar-refractivity contribution in [2.45, 2.75) is 0 Å². The highest BCUT2D eigenvalue weighted by atomic mass is 79.9. The molecule has 0 aliphatic carbocycles. The van der Waals surface area contributed by atoms with Gasteiger partial charge in [0.1, 0.15) is 5.82 Å². The average Bonchev–Trinajstić information content (AvgIpc) is 2.37. The molecule has 110 valence electrons. The van der Waals surface area contributed by atoms with E-state index in [4.69, 9.17) is 0 Å². The molecule has 0 heterocycles. The quantitative estimate of drug-likeness (QED) is 0.789. The maximum Gasteiger partial charge on any atom is 0.258 e. The second kappa shape index (κ2) is 6.58. The zero-order chi connectivity index (χ0) is 15.6. The van der Waals surface area contributed by atoms with Gasteiger partial charge in [0.05, 0.1) is 16.9 Å². The Hall–Kier alpha value is -1.40. The van der Waals surface area contributed by atoms with Crippen molar-refractivity contribution in [3.05, 3.63) is 56.7 Å². The fourth-order valence-corrected chi connectivity index (χ4v) is 2.56. The van der Waals surface area contributed by atoms with Gasteiger partial charge < -0.3 is 10.2 Å². The van der Waals surface area contributed by atoms with E-state index in [1.807, 2.05) is 31.1 Å². The molecule has 0 saturated carbocycles. The summed E-state index contributed by atoms with van der Waals surface area (Å²) in [5, 5.41) is 2.74. The Labute approximate surface area is 139 Å². The first-order valence-electron chi connectivity index (χ1n) is 6.12. The zero-order valence-electron chi connectivity index (χ0n) is 11.5. The van der Waals surface area contributed by atoms with Crippen LogP contribution in [0.5, 0.6) is 0 Å². The van der Waals surface area contributed by atoms with Crippen LogP contribution in [0.2, 0.25) is 0 Å². The van der Waals surface area contributed by atoms with E-state index in [0.29, 0.717) is 10.2 Å². The summed E-state index contributed by atoms with van der Waals surface area (Å²) in [6.07, 6.45) is 0. The minimum atomic E-state index is -0.566. The van der Waals surface area contributed by atoms with Crippen molar-refractivity contribution >= 4 is 49.1 Å². The maximum atomic E-state index is 13.8. The molecule has 3 nitrogen and oxygen atoms in total. The molecule has 2 aromatic rings. The van der Waals surface area contributed by atoms with E-state index < -0.39 is 11.7 Å². The summed E-state index contributed by atoms with van der Waals surface area (Å²) in [5.41, 5.74) is 1.45.